The van der Waals surface area contributed by atoms with E-state index in [9.17, 15) is 4.79 Å². The summed E-state index contributed by atoms with van der Waals surface area (Å²) >= 11 is 0. The molecule has 1 aromatic carbocycles. The molecular weight excluding hydrogens is 168 g/mol. The summed E-state index contributed by atoms with van der Waals surface area (Å²) in [7, 11) is 0. The summed E-state index contributed by atoms with van der Waals surface area (Å²) in [5, 5.41) is 8.49. The Morgan fingerprint density at radius 1 is 1.54 bits per heavy atom. The van der Waals surface area contributed by atoms with E-state index in [0.29, 0.717) is 22.9 Å². The molecule has 1 aromatic heterocycles. The van der Waals surface area contributed by atoms with Crippen molar-refractivity contribution in [2.45, 2.75) is 0 Å². The average Bonchev–Trinajstić information content (AvgIpc) is 2.58. The van der Waals surface area contributed by atoms with Crippen LogP contribution in [0.4, 0.5) is 0 Å². The van der Waals surface area contributed by atoms with E-state index in [0.717, 1.165) is 0 Å². The lowest BCUT2D eigenvalue weighted by molar-refractivity contribution is 0.112. The van der Waals surface area contributed by atoms with Gasteiger partial charge in [0.25, 0.3) is 0 Å². The lowest BCUT2D eigenvalue weighted by Gasteiger charge is -1.86. The first-order chi connectivity index (χ1) is 6.33. The largest absolute Gasteiger partial charge is 0.428 e. The van der Waals surface area contributed by atoms with Crippen molar-refractivity contribution >= 4 is 17.4 Å². The maximum Gasteiger partial charge on any atom is 0.301 e. The van der Waals surface area contributed by atoms with Crippen LogP contribution in [0.1, 0.15) is 16.2 Å². The molecule has 13 heavy (non-hydrogen) atoms. The minimum atomic E-state index is 0.0121. The molecule has 0 spiro atoms. The Bertz CT molecular complexity index is 508. The van der Waals surface area contributed by atoms with Crippen LogP contribution in [0.3, 0.4) is 0 Å². The number of aldehydes is 1. The number of carbonyl (C=O) groups excluding carboxylic acids is 1. The van der Waals surface area contributed by atoms with Gasteiger partial charge >= 0.3 is 5.89 Å². The van der Waals surface area contributed by atoms with Crippen molar-refractivity contribution in [3.05, 3.63) is 29.7 Å². The van der Waals surface area contributed by atoms with Crippen LogP contribution in [0.25, 0.3) is 11.1 Å². The van der Waals surface area contributed by atoms with Crippen molar-refractivity contribution in [3.63, 3.8) is 0 Å². The number of nitrogens with zero attached hydrogens (tertiary/aromatic N) is 2. The van der Waals surface area contributed by atoms with E-state index < -0.39 is 0 Å². The molecule has 1 heterocycles. The van der Waals surface area contributed by atoms with Gasteiger partial charge < -0.3 is 4.42 Å². The second-order valence-electron chi connectivity index (χ2n) is 2.48. The fraction of sp³-hybridized carbons (Fsp3) is 0. The number of hydrogen-bond acceptors (Lipinski definition) is 4. The van der Waals surface area contributed by atoms with Gasteiger partial charge in [0.1, 0.15) is 11.8 Å². The summed E-state index contributed by atoms with van der Waals surface area (Å²) < 4.78 is 5.03. The van der Waals surface area contributed by atoms with Gasteiger partial charge in [-0.25, -0.2) is 0 Å². The summed E-state index contributed by atoms with van der Waals surface area (Å²) in [6.45, 7) is 0. The summed E-state index contributed by atoms with van der Waals surface area (Å²) in [6.07, 6.45) is 0.716. The number of nitriles is 1. The van der Waals surface area contributed by atoms with Gasteiger partial charge in [0.15, 0.2) is 11.7 Å². The zero-order chi connectivity index (χ0) is 9.26. The molecule has 0 unspecified atom stereocenters. The van der Waals surface area contributed by atoms with Crippen LogP contribution in [-0.4, -0.2) is 11.3 Å². The first kappa shape index (κ1) is 7.50. The summed E-state index contributed by atoms with van der Waals surface area (Å²) in [4.78, 5) is 14.3. The standard InChI is InChI=1S/C9H4N2O2/c10-4-9-11-7-2-1-6(5-12)3-8(7)13-9/h1-3,5H. The zero-order valence-electron chi connectivity index (χ0n) is 6.52. The predicted molar refractivity (Wildman–Crippen MR) is 44.1 cm³/mol. The number of fused-ring (bicyclic) bond motifs is 1. The average molecular weight is 172 g/mol. The van der Waals surface area contributed by atoms with E-state index in [4.69, 9.17) is 9.68 Å². The molecule has 4 heteroatoms. The van der Waals surface area contributed by atoms with E-state index in [1.165, 1.54) is 0 Å². The second-order valence-corrected chi connectivity index (χ2v) is 2.48. The van der Waals surface area contributed by atoms with Crippen molar-refractivity contribution in [1.82, 2.24) is 4.98 Å². The van der Waals surface area contributed by atoms with Gasteiger partial charge in [-0.15, -0.1) is 0 Å². The number of benzene rings is 1. The van der Waals surface area contributed by atoms with Gasteiger partial charge in [-0.3, -0.25) is 4.79 Å². The molecule has 4 nitrogen and oxygen atoms in total. The van der Waals surface area contributed by atoms with Gasteiger partial charge in [-0.05, 0) is 18.2 Å². The van der Waals surface area contributed by atoms with Crippen LogP contribution in [0.5, 0.6) is 0 Å². The molecule has 0 fully saturated rings. The fourth-order valence-corrected chi connectivity index (χ4v) is 1.06. The highest BCUT2D eigenvalue weighted by Crippen LogP contribution is 2.15. The summed E-state index contributed by atoms with van der Waals surface area (Å²) in [6, 6.07) is 6.61. The fourth-order valence-electron chi connectivity index (χ4n) is 1.06. The van der Waals surface area contributed by atoms with Crippen molar-refractivity contribution in [2.75, 3.05) is 0 Å². The van der Waals surface area contributed by atoms with Crippen molar-refractivity contribution < 1.29 is 9.21 Å². The number of aromatic nitrogens is 1. The molecule has 2 rings (SSSR count). The lowest BCUT2D eigenvalue weighted by atomic mass is 10.2. The van der Waals surface area contributed by atoms with Gasteiger partial charge in [-0.1, -0.05) is 0 Å². The normalized spacial score (nSPS) is 9.77. The first-order valence-electron chi connectivity index (χ1n) is 3.59. The number of hydrogen-bond donors (Lipinski definition) is 0. The molecule has 0 saturated carbocycles. The summed E-state index contributed by atoms with van der Waals surface area (Å²) in [5.41, 5.74) is 1.55. The predicted octanol–water partition coefficient (Wildman–Crippen LogP) is 1.51. The Morgan fingerprint density at radius 3 is 3.08 bits per heavy atom. The molecule has 0 aliphatic rings. The Morgan fingerprint density at radius 2 is 2.38 bits per heavy atom. The minimum Gasteiger partial charge on any atom is -0.428 e. The van der Waals surface area contributed by atoms with Crippen LogP contribution < -0.4 is 0 Å². The molecule has 2 aromatic rings. The molecule has 0 amide bonds. The third-order valence-electron chi connectivity index (χ3n) is 1.64. The van der Waals surface area contributed by atoms with Crippen LogP contribution in [0, 0.1) is 11.3 Å². The number of carbonyl (C=O) groups is 1. The van der Waals surface area contributed by atoms with E-state index >= 15 is 0 Å². The van der Waals surface area contributed by atoms with E-state index in [1.807, 2.05) is 0 Å². The molecule has 0 aliphatic carbocycles. The number of rotatable bonds is 1. The SMILES string of the molecule is N#Cc1nc2ccc(C=O)cc2o1. The van der Waals surface area contributed by atoms with Gasteiger partial charge in [0, 0.05) is 5.56 Å². The molecule has 0 aliphatic heterocycles. The molecule has 0 radical (unpaired) electrons. The molecule has 0 bridgehead atoms. The van der Waals surface area contributed by atoms with E-state index in [-0.39, 0.29) is 5.89 Å². The van der Waals surface area contributed by atoms with Gasteiger partial charge in [-0.2, -0.15) is 10.2 Å². The third-order valence-corrected chi connectivity index (χ3v) is 1.64. The van der Waals surface area contributed by atoms with Crippen molar-refractivity contribution in [3.8, 4) is 6.07 Å². The Kier molecular flexibility index (Phi) is 1.57. The Labute approximate surface area is 73.4 Å². The van der Waals surface area contributed by atoms with Gasteiger partial charge in [0.05, 0.1) is 0 Å². The highest BCUT2D eigenvalue weighted by atomic mass is 16.3. The molecule has 0 saturated heterocycles. The third kappa shape index (κ3) is 1.16. The maximum atomic E-state index is 10.4. The first-order valence-corrected chi connectivity index (χ1v) is 3.59. The van der Waals surface area contributed by atoms with Crippen molar-refractivity contribution in [1.29, 1.82) is 5.26 Å². The van der Waals surface area contributed by atoms with Gasteiger partial charge in [0.2, 0.25) is 0 Å². The van der Waals surface area contributed by atoms with Crippen LogP contribution in [0.15, 0.2) is 22.6 Å². The molecule has 0 atom stereocenters. The van der Waals surface area contributed by atoms with Crippen LogP contribution >= 0.6 is 0 Å². The van der Waals surface area contributed by atoms with Crippen LogP contribution in [0.2, 0.25) is 0 Å². The lowest BCUT2D eigenvalue weighted by Crippen LogP contribution is -1.76. The topological polar surface area (TPSA) is 66.9 Å². The Balaban J connectivity index is 2.72. The summed E-state index contributed by atoms with van der Waals surface area (Å²) in [5.74, 6) is 0.0121. The second kappa shape index (κ2) is 2.72. The molecule has 62 valence electrons. The van der Waals surface area contributed by atoms with E-state index in [1.54, 1.807) is 24.3 Å². The monoisotopic (exact) mass is 172 g/mol. The highest BCUT2D eigenvalue weighted by Gasteiger charge is 2.04. The smallest absolute Gasteiger partial charge is 0.301 e. The molecular formula is C9H4N2O2. The number of oxazole rings is 1. The maximum absolute atomic E-state index is 10.4. The van der Waals surface area contributed by atoms with Crippen LogP contribution in [-0.2, 0) is 0 Å². The minimum absolute atomic E-state index is 0.0121. The highest BCUT2D eigenvalue weighted by molar-refractivity contribution is 5.83. The van der Waals surface area contributed by atoms with E-state index in [2.05, 4.69) is 4.98 Å². The quantitative estimate of drug-likeness (QED) is 0.611. The Hall–Kier alpha value is -2.15. The van der Waals surface area contributed by atoms with Crippen molar-refractivity contribution in [2.24, 2.45) is 0 Å². The zero-order valence-corrected chi connectivity index (χ0v) is 6.52. The molecule has 0 N–H and O–H groups in total.